The van der Waals surface area contributed by atoms with Gasteiger partial charge in [-0.15, -0.1) is 10.2 Å². The second kappa shape index (κ2) is 7.59. The zero-order valence-corrected chi connectivity index (χ0v) is 17.8. The van der Waals surface area contributed by atoms with Crippen molar-refractivity contribution in [1.29, 1.82) is 0 Å². The summed E-state index contributed by atoms with van der Waals surface area (Å²) in [5.74, 6) is 1.86. The fraction of sp³-hybridized carbons (Fsp3) is 0.240. The van der Waals surface area contributed by atoms with Crippen molar-refractivity contribution in [1.82, 2.24) is 24.6 Å². The van der Waals surface area contributed by atoms with Gasteiger partial charge in [0.2, 0.25) is 0 Å². The topological polar surface area (TPSA) is 46.8 Å². The number of aromatic nitrogens is 4. The minimum atomic E-state index is 0.237. The Kier molecular flexibility index (Phi) is 4.59. The van der Waals surface area contributed by atoms with Crippen molar-refractivity contribution in [2.75, 3.05) is 6.54 Å². The molecule has 1 aliphatic carbocycles. The lowest BCUT2D eigenvalue weighted by Crippen LogP contribution is -2.37. The normalized spacial score (nSPS) is 16.3. The zero-order valence-electron chi connectivity index (χ0n) is 17.1. The Balaban J connectivity index is 1.39. The molecule has 0 N–H and O–H groups in total. The van der Waals surface area contributed by atoms with Gasteiger partial charge in [-0.05, 0) is 47.2 Å². The summed E-state index contributed by atoms with van der Waals surface area (Å²) < 4.78 is 2.22. The lowest BCUT2D eigenvalue weighted by molar-refractivity contribution is 0.176. The molecule has 0 spiro atoms. The van der Waals surface area contributed by atoms with Crippen molar-refractivity contribution in [3.8, 4) is 11.4 Å². The van der Waals surface area contributed by atoms with Gasteiger partial charge in [-0.25, -0.2) is 4.98 Å². The third kappa shape index (κ3) is 3.25. The van der Waals surface area contributed by atoms with Gasteiger partial charge < -0.3 is 4.57 Å². The summed E-state index contributed by atoms with van der Waals surface area (Å²) in [5.41, 5.74) is 6.68. The number of fused-ring (bicyclic) bond motifs is 3. The monoisotopic (exact) mass is 427 g/mol. The molecule has 6 rings (SSSR count). The molecule has 3 heterocycles. The number of rotatable bonds is 2. The zero-order chi connectivity index (χ0) is 20.8. The first-order valence-corrected chi connectivity index (χ1v) is 11.1. The molecular formula is C25H22ClN5. The predicted octanol–water partition coefficient (Wildman–Crippen LogP) is 4.70. The van der Waals surface area contributed by atoms with E-state index in [1.807, 2.05) is 6.07 Å². The molecule has 1 aliphatic heterocycles. The summed E-state index contributed by atoms with van der Waals surface area (Å²) in [7, 11) is 0. The highest BCUT2D eigenvalue weighted by molar-refractivity contribution is 6.29. The molecule has 0 saturated carbocycles. The fourth-order valence-corrected chi connectivity index (χ4v) is 5.12. The van der Waals surface area contributed by atoms with Crippen LogP contribution in [0, 0.1) is 0 Å². The van der Waals surface area contributed by atoms with Crippen LogP contribution in [0.1, 0.15) is 34.1 Å². The standard InChI is InChI=1S/C25H22ClN5/c26-22-12-11-19(15-27-22)25-29-28-23-16-30(13-14-31(23)25)24-20-7-3-1-5-17(20)9-10-18-6-2-4-8-21(18)24/h1-8,11-12,15,24H,9-10,13-14,16H2. The molecule has 0 radical (unpaired) electrons. The summed E-state index contributed by atoms with van der Waals surface area (Å²) >= 11 is 5.96. The second-order valence-corrected chi connectivity index (χ2v) is 8.62. The Labute approximate surface area is 186 Å². The summed E-state index contributed by atoms with van der Waals surface area (Å²) in [5, 5.41) is 9.52. The maximum atomic E-state index is 5.96. The lowest BCUT2D eigenvalue weighted by atomic mass is 9.93. The largest absolute Gasteiger partial charge is 0.309 e. The Bertz CT molecular complexity index is 1200. The summed E-state index contributed by atoms with van der Waals surface area (Å²) in [6.45, 7) is 2.55. The molecular weight excluding hydrogens is 406 g/mol. The summed E-state index contributed by atoms with van der Waals surface area (Å²) in [4.78, 5) is 6.76. The minimum Gasteiger partial charge on any atom is -0.309 e. The van der Waals surface area contributed by atoms with E-state index in [1.54, 1.807) is 12.3 Å². The first-order valence-electron chi connectivity index (χ1n) is 10.7. The number of hydrogen-bond acceptors (Lipinski definition) is 4. The highest BCUT2D eigenvalue weighted by Gasteiger charge is 2.32. The molecule has 0 unspecified atom stereocenters. The van der Waals surface area contributed by atoms with Crippen molar-refractivity contribution in [3.63, 3.8) is 0 Å². The molecule has 0 fully saturated rings. The van der Waals surface area contributed by atoms with E-state index in [0.717, 1.165) is 49.7 Å². The van der Waals surface area contributed by atoms with Crippen LogP contribution >= 0.6 is 11.6 Å². The van der Waals surface area contributed by atoms with Crippen molar-refractivity contribution < 1.29 is 0 Å². The number of hydrogen-bond donors (Lipinski definition) is 0. The molecule has 5 nitrogen and oxygen atoms in total. The second-order valence-electron chi connectivity index (χ2n) is 8.23. The van der Waals surface area contributed by atoms with Gasteiger partial charge in [0.15, 0.2) is 5.82 Å². The van der Waals surface area contributed by atoms with Gasteiger partial charge in [0.25, 0.3) is 0 Å². The van der Waals surface area contributed by atoms with Gasteiger partial charge >= 0.3 is 0 Å². The Morgan fingerprint density at radius 1 is 0.806 bits per heavy atom. The number of benzene rings is 2. The third-order valence-corrected chi connectivity index (χ3v) is 6.72. The van der Waals surface area contributed by atoms with Crippen LogP contribution in [-0.4, -0.2) is 31.2 Å². The molecule has 154 valence electrons. The Hall–Kier alpha value is -3.02. The van der Waals surface area contributed by atoms with Crippen LogP contribution < -0.4 is 0 Å². The van der Waals surface area contributed by atoms with Gasteiger partial charge in [0.1, 0.15) is 11.0 Å². The van der Waals surface area contributed by atoms with E-state index < -0.39 is 0 Å². The van der Waals surface area contributed by atoms with Crippen LogP contribution in [-0.2, 0) is 25.9 Å². The highest BCUT2D eigenvalue weighted by Crippen LogP contribution is 2.38. The number of nitrogens with zero attached hydrogens (tertiary/aromatic N) is 5. The van der Waals surface area contributed by atoms with Gasteiger partial charge in [-0.1, -0.05) is 60.1 Å². The third-order valence-electron chi connectivity index (χ3n) is 6.50. The van der Waals surface area contributed by atoms with E-state index in [-0.39, 0.29) is 6.04 Å². The van der Waals surface area contributed by atoms with Crippen molar-refractivity contribution in [2.24, 2.45) is 0 Å². The van der Waals surface area contributed by atoms with E-state index >= 15 is 0 Å². The maximum Gasteiger partial charge on any atom is 0.165 e. The molecule has 0 bridgehead atoms. The Morgan fingerprint density at radius 3 is 2.19 bits per heavy atom. The van der Waals surface area contributed by atoms with Crippen LogP contribution in [0.4, 0.5) is 0 Å². The molecule has 4 aromatic rings. The van der Waals surface area contributed by atoms with Gasteiger partial charge in [-0.3, -0.25) is 4.90 Å². The Morgan fingerprint density at radius 2 is 1.52 bits per heavy atom. The number of aryl methyl sites for hydroxylation is 2. The minimum absolute atomic E-state index is 0.237. The van der Waals surface area contributed by atoms with Crippen LogP contribution in [0.5, 0.6) is 0 Å². The van der Waals surface area contributed by atoms with Crippen molar-refractivity contribution in [3.05, 3.63) is 100 Å². The van der Waals surface area contributed by atoms with E-state index in [0.29, 0.717) is 5.15 Å². The average Bonchev–Trinajstić information content (AvgIpc) is 3.15. The molecule has 2 aromatic carbocycles. The predicted molar refractivity (Wildman–Crippen MR) is 121 cm³/mol. The number of pyridine rings is 1. The molecule has 0 amide bonds. The smallest absolute Gasteiger partial charge is 0.165 e. The molecule has 6 heteroatoms. The van der Waals surface area contributed by atoms with Crippen LogP contribution in [0.15, 0.2) is 66.9 Å². The summed E-state index contributed by atoms with van der Waals surface area (Å²) in [6.07, 6.45) is 3.94. The van der Waals surface area contributed by atoms with Crippen LogP contribution in [0.2, 0.25) is 5.15 Å². The van der Waals surface area contributed by atoms with E-state index in [4.69, 9.17) is 11.6 Å². The van der Waals surface area contributed by atoms with E-state index in [9.17, 15) is 0 Å². The SMILES string of the molecule is Clc1ccc(-c2nnc3n2CCN(C2c4ccccc4CCc4ccccc42)C3)cn1. The van der Waals surface area contributed by atoms with Gasteiger partial charge in [0.05, 0.1) is 12.6 Å². The summed E-state index contributed by atoms with van der Waals surface area (Å²) in [6, 6.07) is 21.8. The lowest BCUT2D eigenvalue weighted by Gasteiger charge is -2.36. The first kappa shape index (κ1) is 18.7. The van der Waals surface area contributed by atoms with Crippen LogP contribution in [0.3, 0.4) is 0 Å². The molecule has 2 aromatic heterocycles. The van der Waals surface area contributed by atoms with E-state index in [2.05, 4.69) is 73.2 Å². The van der Waals surface area contributed by atoms with Crippen molar-refractivity contribution in [2.45, 2.75) is 32.0 Å². The molecule has 31 heavy (non-hydrogen) atoms. The van der Waals surface area contributed by atoms with E-state index in [1.165, 1.54) is 22.3 Å². The highest BCUT2D eigenvalue weighted by atomic mass is 35.5. The van der Waals surface area contributed by atoms with Gasteiger partial charge in [0, 0.05) is 24.8 Å². The van der Waals surface area contributed by atoms with Crippen molar-refractivity contribution >= 4 is 11.6 Å². The number of halogens is 1. The van der Waals surface area contributed by atoms with Crippen LogP contribution in [0.25, 0.3) is 11.4 Å². The molecule has 2 aliphatic rings. The molecule has 0 saturated heterocycles. The molecule has 0 atom stereocenters. The quantitative estimate of drug-likeness (QED) is 0.435. The fourth-order valence-electron chi connectivity index (χ4n) is 5.01. The average molecular weight is 428 g/mol. The first-order chi connectivity index (χ1) is 15.3. The maximum absolute atomic E-state index is 5.96. The van der Waals surface area contributed by atoms with Gasteiger partial charge in [-0.2, -0.15) is 0 Å².